The number of rotatable bonds is 1. The molecule has 0 rings (SSSR count). The third-order valence-corrected chi connectivity index (χ3v) is 1.32. The van der Waals surface area contributed by atoms with E-state index in [-0.39, 0.29) is 0 Å². The lowest BCUT2D eigenvalue weighted by Crippen LogP contribution is -1.78. The molecule has 0 aliphatic carbocycles. The van der Waals surface area contributed by atoms with E-state index >= 15 is 0 Å². The van der Waals surface area contributed by atoms with Crippen molar-refractivity contribution in [1.29, 1.82) is 0 Å². The Bertz CT molecular complexity index is 52.0. The molecule has 0 fully saturated rings. The van der Waals surface area contributed by atoms with E-state index in [1.54, 1.807) is 0 Å². The first kappa shape index (κ1) is 11.1. The van der Waals surface area contributed by atoms with Crippen LogP contribution in [0.25, 0.3) is 0 Å². The van der Waals surface area contributed by atoms with Gasteiger partial charge in [0.25, 0.3) is 5.97 Å². The molecule has 0 aromatic carbocycles. The van der Waals surface area contributed by atoms with Crippen LogP contribution >= 0.6 is 28.6 Å². The second kappa shape index (κ2) is 10.3. The Kier molecular flexibility index (Phi) is 14.4. The summed E-state index contributed by atoms with van der Waals surface area (Å²) in [6.45, 7) is 1.08. The van der Waals surface area contributed by atoms with Crippen LogP contribution in [0.15, 0.2) is 0 Å². The predicted molar refractivity (Wildman–Crippen MR) is 41.0 cm³/mol. The molecule has 0 aliphatic heterocycles. The maximum Gasteiger partial charge on any atom is 0.300 e. The lowest BCUT2D eigenvalue weighted by atomic mass is 10.9. The summed E-state index contributed by atoms with van der Waals surface area (Å²) < 4.78 is 0. The Morgan fingerprint density at radius 1 is 1.88 bits per heavy atom. The average molecular weight is 201 g/mol. The molecule has 0 bridgehead atoms. The minimum absolute atomic E-state index is 0.833. The van der Waals surface area contributed by atoms with Crippen LogP contribution in [0.2, 0.25) is 0 Å². The topological polar surface area (TPSA) is 37.3 Å². The largest absolute Gasteiger partial charge is 0.481 e. The van der Waals surface area contributed by atoms with E-state index in [0.717, 1.165) is 18.0 Å². The fourth-order valence-electron chi connectivity index (χ4n) is 0. The van der Waals surface area contributed by atoms with Crippen LogP contribution in [0.1, 0.15) is 6.92 Å². The van der Waals surface area contributed by atoms with E-state index in [0.29, 0.717) is 0 Å². The van der Waals surface area contributed by atoms with Gasteiger partial charge >= 0.3 is 0 Å². The summed E-state index contributed by atoms with van der Waals surface area (Å²) in [5.74, 6) is 0.0972. The fourth-order valence-corrected chi connectivity index (χ4v) is 0. The maximum atomic E-state index is 9.00. The van der Waals surface area contributed by atoms with Gasteiger partial charge in [0.1, 0.15) is 0 Å². The molecular formula is C4H9BrO2S. The van der Waals surface area contributed by atoms with E-state index in [4.69, 9.17) is 9.90 Å². The van der Waals surface area contributed by atoms with Gasteiger partial charge in [0.15, 0.2) is 0 Å². The first-order valence-corrected chi connectivity index (χ1v) is 3.77. The number of hydrogen-bond acceptors (Lipinski definition) is 2. The van der Waals surface area contributed by atoms with Gasteiger partial charge in [-0.3, -0.25) is 4.79 Å². The van der Waals surface area contributed by atoms with Gasteiger partial charge < -0.3 is 5.11 Å². The lowest BCUT2D eigenvalue weighted by Gasteiger charge is -1.65. The molecule has 50 valence electrons. The Morgan fingerprint density at radius 3 is 2.00 bits per heavy atom. The molecule has 0 unspecified atom stereocenters. The summed E-state index contributed by atoms with van der Waals surface area (Å²) in [7, 11) is 0. The smallest absolute Gasteiger partial charge is 0.300 e. The minimum atomic E-state index is -0.833. The van der Waals surface area contributed by atoms with Gasteiger partial charge in [0.05, 0.1) is 0 Å². The number of aliphatic carboxylic acids is 1. The molecule has 0 radical (unpaired) electrons. The summed E-state index contributed by atoms with van der Waals surface area (Å²) in [5, 5.41) is 8.41. The SMILES string of the molecule is CC(=O)O.SCCBr. The minimum Gasteiger partial charge on any atom is -0.481 e. The van der Waals surface area contributed by atoms with Gasteiger partial charge in [-0.05, 0) is 5.75 Å². The zero-order chi connectivity index (χ0) is 6.99. The monoisotopic (exact) mass is 200 g/mol. The number of hydrogen-bond donors (Lipinski definition) is 2. The molecule has 0 aliphatic rings. The number of alkyl halides is 1. The summed E-state index contributed by atoms with van der Waals surface area (Å²) in [6, 6.07) is 0. The van der Waals surface area contributed by atoms with E-state index in [1.165, 1.54) is 0 Å². The number of carbonyl (C=O) groups is 1. The van der Waals surface area contributed by atoms with Crippen LogP contribution in [0.3, 0.4) is 0 Å². The molecule has 0 spiro atoms. The van der Waals surface area contributed by atoms with Crippen molar-refractivity contribution < 1.29 is 9.90 Å². The number of halogens is 1. The highest BCUT2D eigenvalue weighted by Crippen LogP contribution is 1.78. The number of carboxylic acid groups (broad SMARTS) is 1. The van der Waals surface area contributed by atoms with E-state index in [9.17, 15) is 0 Å². The average Bonchev–Trinajstić information content (AvgIpc) is 1.65. The van der Waals surface area contributed by atoms with Crippen molar-refractivity contribution in [3.8, 4) is 0 Å². The van der Waals surface area contributed by atoms with Crippen molar-refractivity contribution in [2.75, 3.05) is 11.1 Å². The van der Waals surface area contributed by atoms with Gasteiger partial charge in [0.2, 0.25) is 0 Å². The van der Waals surface area contributed by atoms with Gasteiger partial charge in [-0.1, -0.05) is 15.9 Å². The molecule has 8 heavy (non-hydrogen) atoms. The van der Waals surface area contributed by atoms with Gasteiger partial charge in [-0.25, -0.2) is 0 Å². The number of thiol groups is 1. The standard InChI is InChI=1S/C2H5BrS.C2H4O2/c3-1-2-4;1-2(3)4/h4H,1-2H2;1H3,(H,3,4). The molecule has 0 saturated heterocycles. The molecule has 0 atom stereocenters. The normalized spacial score (nSPS) is 6.88. The van der Waals surface area contributed by atoms with Gasteiger partial charge in [-0.15, -0.1) is 0 Å². The van der Waals surface area contributed by atoms with Gasteiger partial charge in [-0.2, -0.15) is 12.6 Å². The second-order valence-electron chi connectivity index (χ2n) is 0.932. The Labute approximate surface area is 62.8 Å². The van der Waals surface area contributed by atoms with Crippen LogP contribution < -0.4 is 0 Å². The molecule has 0 amide bonds. The molecule has 2 nitrogen and oxygen atoms in total. The summed E-state index contributed by atoms with van der Waals surface area (Å²) in [4.78, 5) is 9.00. The first-order valence-electron chi connectivity index (χ1n) is 2.01. The maximum absolute atomic E-state index is 9.00. The molecule has 4 heteroatoms. The molecule has 0 heterocycles. The Balaban J connectivity index is 0. The number of carboxylic acids is 1. The highest BCUT2D eigenvalue weighted by Gasteiger charge is 1.65. The van der Waals surface area contributed by atoms with Crippen LogP contribution in [0.4, 0.5) is 0 Å². The Hall–Kier alpha value is 0.300. The quantitative estimate of drug-likeness (QED) is 0.497. The van der Waals surface area contributed by atoms with Crippen LogP contribution in [0.5, 0.6) is 0 Å². The fraction of sp³-hybridized carbons (Fsp3) is 0.750. The highest BCUT2D eigenvalue weighted by molar-refractivity contribution is 9.09. The summed E-state index contributed by atoms with van der Waals surface area (Å²) >= 11 is 7.05. The molecule has 0 saturated carbocycles. The zero-order valence-electron chi connectivity index (χ0n) is 4.59. The third kappa shape index (κ3) is 105. The molecular weight excluding hydrogens is 192 g/mol. The molecule has 0 aromatic rings. The molecule has 0 aromatic heterocycles. The van der Waals surface area contributed by atoms with Crippen molar-refractivity contribution >= 4 is 34.5 Å². The predicted octanol–water partition coefficient (Wildman–Crippen LogP) is 1.40. The highest BCUT2D eigenvalue weighted by atomic mass is 79.9. The zero-order valence-corrected chi connectivity index (χ0v) is 7.08. The summed E-state index contributed by atoms with van der Waals surface area (Å²) in [6.07, 6.45) is 0. The van der Waals surface area contributed by atoms with E-state index in [2.05, 4.69) is 28.6 Å². The van der Waals surface area contributed by atoms with E-state index < -0.39 is 5.97 Å². The second-order valence-corrected chi connectivity index (χ2v) is 2.17. The third-order valence-electron chi connectivity index (χ3n) is 0.0845. The van der Waals surface area contributed by atoms with E-state index in [1.807, 2.05) is 0 Å². The van der Waals surface area contributed by atoms with Crippen molar-refractivity contribution in [3.05, 3.63) is 0 Å². The van der Waals surface area contributed by atoms with Crippen molar-refractivity contribution in [2.45, 2.75) is 6.92 Å². The van der Waals surface area contributed by atoms with Crippen molar-refractivity contribution in [3.63, 3.8) is 0 Å². The first-order chi connectivity index (χ1) is 3.65. The van der Waals surface area contributed by atoms with Crippen molar-refractivity contribution in [1.82, 2.24) is 0 Å². The lowest BCUT2D eigenvalue weighted by molar-refractivity contribution is -0.134. The van der Waals surface area contributed by atoms with Gasteiger partial charge in [0, 0.05) is 12.3 Å². The Morgan fingerprint density at radius 2 is 2.00 bits per heavy atom. The van der Waals surface area contributed by atoms with Crippen LogP contribution in [-0.4, -0.2) is 22.2 Å². The van der Waals surface area contributed by atoms with Crippen molar-refractivity contribution in [2.24, 2.45) is 0 Å². The molecule has 1 N–H and O–H groups in total. The van der Waals surface area contributed by atoms with Crippen LogP contribution in [0, 0.1) is 0 Å². The summed E-state index contributed by atoms with van der Waals surface area (Å²) in [5.41, 5.74) is 0. The van der Waals surface area contributed by atoms with Crippen LogP contribution in [-0.2, 0) is 4.79 Å².